The average molecular weight is 463 g/mol. The number of rotatable bonds is 6. The molecule has 0 aliphatic heterocycles. The van der Waals surface area contributed by atoms with Crippen molar-refractivity contribution < 1.29 is 22.0 Å². The number of hydrogen-bond donors (Lipinski definition) is 1. The second-order valence-corrected chi connectivity index (χ2v) is 10.5. The molecule has 0 saturated carbocycles. The minimum atomic E-state index is -3.43. The van der Waals surface area contributed by atoms with E-state index in [-0.39, 0.29) is 21.2 Å². The summed E-state index contributed by atoms with van der Waals surface area (Å²) >= 11 is 8.30. The van der Waals surface area contributed by atoms with Crippen LogP contribution in [0.4, 0.5) is 14.5 Å². The lowest BCUT2D eigenvalue weighted by molar-refractivity contribution is 0.102. The molecule has 1 heterocycles. The Bertz CT molecular complexity index is 1150. The van der Waals surface area contributed by atoms with Crippen LogP contribution in [0.15, 0.2) is 45.6 Å². The number of sulfone groups is 1. The molecule has 11 heteroatoms. The van der Waals surface area contributed by atoms with Crippen molar-refractivity contribution in [3.05, 3.63) is 47.0 Å². The Balaban J connectivity index is 1.79. The third kappa shape index (κ3) is 4.99. The molecule has 5 nitrogen and oxygen atoms in total. The lowest BCUT2D eigenvalue weighted by atomic mass is 10.2. The molecule has 0 saturated heterocycles. The summed E-state index contributed by atoms with van der Waals surface area (Å²) in [5.74, 6) is -0.827. The van der Waals surface area contributed by atoms with Crippen LogP contribution in [0.3, 0.4) is 0 Å². The molecule has 28 heavy (non-hydrogen) atoms. The lowest BCUT2D eigenvalue weighted by Crippen LogP contribution is -2.12. The molecule has 3 aromatic rings. The van der Waals surface area contributed by atoms with E-state index in [1.165, 1.54) is 29.5 Å². The normalized spacial score (nSPS) is 11.9. The molecule has 3 rings (SSSR count). The van der Waals surface area contributed by atoms with E-state index in [0.29, 0.717) is 15.5 Å². The summed E-state index contributed by atoms with van der Waals surface area (Å²) in [4.78, 5) is 16.8. The van der Waals surface area contributed by atoms with Crippen LogP contribution in [0.5, 0.6) is 0 Å². The van der Waals surface area contributed by atoms with Gasteiger partial charge in [-0.15, -0.1) is 11.3 Å². The molecule has 0 aliphatic carbocycles. The third-order valence-corrected chi connectivity index (χ3v) is 7.17. The Morgan fingerprint density at radius 1 is 1.29 bits per heavy atom. The van der Waals surface area contributed by atoms with Crippen LogP contribution in [-0.2, 0) is 9.84 Å². The fourth-order valence-corrected chi connectivity index (χ4v) is 5.14. The van der Waals surface area contributed by atoms with Crippen molar-refractivity contribution in [2.75, 3.05) is 17.3 Å². The van der Waals surface area contributed by atoms with Crippen molar-refractivity contribution in [1.82, 2.24) is 4.98 Å². The van der Waals surface area contributed by atoms with Gasteiger partial charge in [0.05, 0.1) is 31.5 Å². The smallest absolute Gasteiger partial charge is 0.257 e. The first-order chi connectivity index (χ1) is 13.1. The van der Waals surface area contributed by atoms with Crippen molar-refractivity contribution in [1.29, 1.82) is 0 Å². The maximum Gasteiger partial charge on any atom is 0.257 e. The highest BCUT2D eigenvalue weighted by Gasteiger charge is 2.16. The Hall–Kier alpha value is -1.75. The Kier molecular flexibility index (Phi) is 6.23. The number of thioether (sulfide) groups is 1. The predicted molar refractivity (Wildman–Crippen MR) is 109 cm³/mol. The van der Waals surface area contributed by atoms with Gasteiger partial charge in [-0.1, -0.05) is 23.4 Å². The number of halogens is 3. The Labute approximate surface area is 173 Å². The van der Waals surface area contributed by atoms with Crippen molar-refractivity contribution in [3.63, 3.8) is 0 Å². The van der Waals surface area contributed by atoms with Gasteiger partial charge in [0.25, 0.3) is 5.91 Å². The van der Waals surface area contributed by atoms with Gasteiger partial charge in [-0.25, -0.2) is 22.2 Å². The lowest BCUT2D eigenvalue weighted by Gasteiger charge is -2.08. The van der Waals surface area contributed by atoms with E-state index in [4.69, 9.17) is 11.6 Å². The zero-order chi connectivity index (χ0) is 20.5. The molecule has 0 spiro atoms. The Morgan fingerprint density at radius 3 is 2.68 bits per heavy atom. The van der Waals surface area contributed by atoms with Gasteiger partial charge in [-0.05, 0) is 36.4 Å². The molecule has 2 aromatic carbocycles. The fraction of sp³-hybridized carbons (Fsp3) is 0.176. The molecule has 0 atom stereocenters. The molecule has 1 aromatic heterocycles. The Morgan fingerprint density at radius 2 is 2.04 bits per heavy atom. The minimum Gasteiger partial charge on any atom is -0.322 e. The number of aromatic nitrogens is 1. The summed E-state index contributed by atoms with van der Waals surface area (Å²) < 4.78 is 49.1. The fourth-order valence-electron chi connectivity index (χ4n) is 2.29. The number of alkyl halides is 2. The van der Waals surface area contributed by atoms with Gasteiger partial charge in [0.2, 0.25) is 6.43 Å². The summed E-state index contributed by atoms with van der Waals surface area (Å²) in [6, 6.07) is 8.90. The standard InChI is InChI=1S/C17H13ClF2N2O3S3/c1-28(24,25)10-3-4-11(12(18)7-10)16(23)21-9-2-5-13-14(6-9)27-17(22-13)26-8-15(19)20/h2-7,15H,8H2,1H3,(H,21,23). The van der Waals surface area contributed by atoms with Gasteiger partial charge in [0.15, 0.2) is 14.2 Å². The molecular weight excluding hydrogens is 450 g/mol. The number of nitrogens with zero attached hydrogens (tertiary/aromatic N) is 1. The largest absolute Gasteiger partial charge is 0.322 e. The van der Waals surface area contributed by atoms with Gasteiger partial charge >= 0.3 is 0 Å². The number of benzene rings is 2. The summed E-state index contributed by atoms with van der Waals surface area (Å²) in [5, 5.41) is 2.71. The average Bonchev–Trinajstić information content (AvgIpc) is 3.01. The summed E-state index contributed by atoms with van der Waals surface area (Å²) in [6.07, 6.45) is -1.36. The molecule has 1 amide bonds. The summed E-state index contributed by atoms with van der Waals surface area (Å²) in [7, 11) is -3.43. The van der Waals surface area contributed by atoms with E-state index < -0.39 is 22.2 Å². The second-order valence-electron chi connectivity index (χ2n) is 5.73. The molecule has 0 fully saturated rings. The van der Waals surface area contributed by atoms with E-state index in [9.17, 15) is 22.0 Å². The van der Waals surface area contributed by atoms with Crippen LogP contribution in [0, 0.1) is 0 Å². The SMILES string of the molecule is CS(=O)(=O)c1ccc(C(=O)Nc2ccc3nc(SCC(F)F)sc3c2)c(Cl)c1. The number of hydrogen-bond acceptors (Lipinski definition) is 6. The number of amides is 1. The quantitative estimate of drug-likeness (QED) is 0.524. The van der Waals surface area contributed by atoms with E-state index >= 15 is 0 Å². The second kappa shape index (κ2) is 8.32. The highest BCUT2D eigenvalue weighted by molar-refractivity contribution is 8.01. The molecule has 148 valence electrons. The minimum absolute atomic E-state index is 0.0185. The molecule has 1 N–H and O–H groups in total. The van der Waals surface area contributed by atoms with Crippen LogP contribution < -0.4 is 5.32 Å². The first-order valence-corrected chi connectivity index (χ1v) is 11.8. The number of fused-ring (bicyclic) bond motifs is 1. The van der Waals surface area contributed by atoms with Gasteiger partial charge in [-0.2, -0.15) is 0 Å². The van der Waals surface area contributed by atoms with Crippen molar-refractivity contribution in [2.45, 2.75) is 15.7 Å². The van der Waals surface area contributed by atoms with Crippen LogP contribution in [0.1, 0.15) is 10.4 Å². The zero-order valence-electron chi connectivity index (χ0n) is 14.3. The molecule has 0 unspecified atom stereocenters. The number of anilines is 1. The van der Waals surface area contributed by atoms with E-state index in [1.807, 2.05) is 0 Å². The van der Waals surface area contributed by atoms with E-state index in [2.05, 4.69) is 10.3 Å². The van der Waals surface area contributed by atoms with E-state index in [1.54, 1.807) is 18.2 Å². The predicted octanol–water partition coefficient (Wildman–Crippen LogP) is 4.96. The number of carbonyl (C=O) groups excluding carboxylic acids is 1. The zero-order valence-corrected chi connectivity index (χ0v) is 17.5. The van der Waals surface area contributed by atoms with Crippen LogP contribution in [-0.4, -0.2) is 37.7 Å². The maximum absolute atomic E-state index is 12.5. The number of thiazole rings is 1. The first-order valence-electron chi connectivity index (χ1n) is 7.76. The highest BCUT2D eigenvalue weighted by atomic mass is 35.5. The van der Waals surface area contributed by atoms with Crippen LogP contribution >= 0.6 is 34.7 Å². The van der Waals surface area contributed by atoms with Crippen molar-refractivity contribution in [3.8, 4) is 0 Å². The molecule has 0 radical (unpaired) electrons. The molecular formula is C17H13ClF2N2O3S3. The van der Waals surface area contributed by atoms with Gasteiger partial charge in [0.1, 0.15) is 0 Å². The van der Waals surface area contributed by atoms with Crippen molar-refractivity contribution in [2.24, 2.45) is 0 Å². The highest BCUT2D eigenvalue weighted by Crippen LogP contribution is 2.32. The number of nitrogens with one attached hydrogen (secondary N) is 1. The van der Waals surface area contributed by atoms with Gasteiger partial charge in [0, 0.05) is 11.9 Å². The van der Waals surface area contributed by atoms with Crippen LogP contribution in [0.2, 0.25) is 5.02 Å². The first kappa shape index (κ1) is 21.0. The number of carbonyl (C=O) groups is 1. The summed E-state index contributed by atoms with van der Waals surface area (Å²) in [6.45, 7) is 0. The third-order valence-electron chi connectivity index (χ3n) is 3.57. The van der Waals surface area contributed by atoms with Crippen molar-refractivity contribution >= 4 is 66.3 Å². The topological polar surface area (TPSA) is 76.1 Å². The summed E-state index contributed by atoms with van der Waals surface area (Å²) in [5.41, 5.74) is 1.26. The van der Waals surface area contributed by atoms with Crippen LogP contribution in [0.25, 0.3) is 10.2 Å². The monoisotopic (exact) mass is 462 g/mol. The van der Waals surface area contributed by atoms with Gasteiger partial charge in [-0.3, -0.25) is 4.79 Å². The van der Waals surface area contributed by atoms with Gasteiger partial charge < -0.3 is 5.32 Å². The maximum atomic E-state index is 12.5. The molecule has 0 bridgehead atoms. The van der Waals surface area contributed by atoms with E-state index in [0.717, 1.165) is 22.7 Å². The molecule has 0 aliphatic rings.